The van der Waals surface area contributed by atoms with Crippen LogP contribution in [0.25, 0.3) is 0 Å². The Hall–Kier alpha value is -0.790. The predicted octanol–water partition coefficient (Wildman–Crippen LogP) is 6.33. The van der Waals surface area contributed by atoms with Crippen molar-refractivity contribution in [3.05, 3.63) is 12.4 Å². The van der Waals surface area contributed by atoms with Crippen LogP contribution in [0.4, 0.5) is 0 Å². The third-order valence-corrected chi connectivity index (χ3v) is 4.58. The van der Waals surface area contributed by atoms with Crippen LogP contribution in [0.3, 0.4) is 0 Å². The van der Waals surface area contributed by atoms with Crippen LogP contribution in [-0.2, 0) is 0 Å². The van der Waals surface area contributed by atoms with Gasteiger partial charge in [0, 0.05) is 25.2 Å². The molecule has 0 N–H and O–H groups in total. The number of rotatable bonds is 15. The van der Waals surface area contributed by atoms with Crippen molar-refractivity contribution in [1.82, 2.24) is 4.90 Å². The molecule has 2 nitrogen and oxygen atoms in total. The van der Waals surface area contributed by atoms with Gasteiger partial charge in [0.05, 0.1) is 6.54 Å². The first-order chi connectivity index (χ1) is 10.9. The Labute approximate surface area is 139 Å². The summed E-state index contributed by atoms with van der Waals surface area (Å²) in [5, 5.41) is 0. The lowest BCUT2D eigenvalue weighted by atomic mass is 10.0. The summed E-state index contributed by atoms with van der Waals surface area (Å²) in [6.45, 7) is 4.48. The number of hydrogen-bond donors (Lipinski definition) is 0. The number of unbranched alkanes of at least 4 members (excludes halogenated alkanes) is 13. The van der Waals surface area contributed by atoms with E-state index in [1.165, 1.54) is 96.4 Å². The van der Waals surface area contributed by atoms with Crippen LogP contribution in [0.15, 0.2) is 17.4 Å². The van der Waals surface area contributed by atoms with Crippen molar-refractivity contribution in [3.63, 3.8) is 0 Å². The minimum Gasteiger partial charge on any atom is -0.371 e. The van der Waals surface area contributed by atoms with Gasteiger partial charge in [0.15, 0.2) is 0 Å². The molecule has 2 heteroatoms. The molecule has 0 aromatic carbocycles. The monoisotopic (exact) mass is 306 g/mol. The zero-order valence-electron chi connectivity index (χ0n) is 14.9. The Kier molecular flexibility index (Phi) is 13.2. The maximum absolute atomic E-state index is 4.10. The minimum absolute atomic E-state index is 0.995. The standard InChI is InChI=1S/C20H38N2/c1-2-3-4-5-6-7-8-9-10-11-12-13-14-15-18-22-19-16-21-17-20-22/h16-17,19H,2-15,18,20H2,1H3. The molecule has 0 bridgehead atoms. The highest BCUT2D eigenvalue weighted by atomic mass is 15.1. The molecule has 0 fully saturated rings. The van der Waals surface area contributed by atoms with Crippen molar-refractivity contribution < 1.29 is 0 Å². The van der Waals surface area contributed by atoms with Gasteiger partial charge >= 0.3 is 0 Å². The number of hydrogen-bond acceptors (Lipinski definition) is 2. The molecule has 1 aliphatic heterocycles. The lowest BCUT2D eigenvalue weighted by Crippen LogP contribution is -2.22. The Morgan fingerprint density at radius 1 is 0.727 bits per heavy atom. The van der Waals surface area contributed by atoms with Crippen LogP contribution in [-0.4, -0.2) is 24.2 Å². The fourth-order valence-electron chi connectivity index (χ4n) is 3.08. The van der Waals surface area contributed by atoms with Gasteiger partial charge in [-0.15, -0.1) is 0 Å². The van der Waals surface area contributed by atoms with Gasteiger partial charge in [-0.2, -0.15) is 0 Å². The molecule has 128 valence electrons. The van der Waals surface area contributed by atoms with Gasteiger partial charge in [0.2, 0.25) is 0 Å². The molecule has 1 aliphatic rings. The summed E-state index contributed by atoms with van der Waals surface area (Å²) < 4.78 is 0. The van der Waals surface area contributed by atoms with Crippen LogP contribution in [0.2, 0.25) is 0 Å². The van der Waals surface area contributed by atoms with Crippen molar-refractivity contribution in [2.45, 2.75) is 96.8 Å². The second kappa shape index (κ2) is 15.1. The summed E-state index contributed by atoms with van der Waals surface area (Å²) in [6.07, 6.45) is 26.1. The van der Waals surface area contributed by atoms with E-state index in [2.05, 4.69) is 23.0 Å². The van der Waals surface area contributed by atoms with Gasteiger partial charge in [0.25, 0.3) is 0 Å². The normalized spacial score (nSPS) is 14.0. The Bertz CT molecular complexity index is 283. The van der Waals surface area contributed by atoms with Crippen molar-refractivity contribution >= 4 is 6.21 Å². The highest BCUT2D eigenvalue weighted by Gasteiger charge is 1.99. The highest BCUT2D eigenvalue weighted by molar-refractivity contribution is 5.61. The Balaban J connectivity index is 1.69. The second-order valence-corrected chi connectivity index (χ2v) is 6.72. The first kappa shape index (κ1) is 19.3. The average molecular weight is 307 g/mol. The highest BCUT2D eigenvalue weighted by Crippen LogP contribution is 2.13. The largest absolute Gasteiger partial charge is 0.371 e. The smallest absolute Gasteiger partial charge is 0.0527 e. The molecule has 0 aromatic rings. The molecule has 0 saturated heterocycles. The van der Waals surface area contributed by atoms with E-state index in [0.29, 0.717) is 0 Å². The molecule has 1 rings (SSSR count). The Morgan fingerprint density at radius 2 is 1.23 bits per heavy atom. The summed E-state index contributed by atoms with van der Waals surface area (Å²) in [5.41, 5.74) is 0. The fourth-order valence-corrected chi connectivity index (χ4v) is 3.08. The number of aliphatic imine (C=N–C) groups is 1. The molecule has 0 spiro atoms. The number of nitrogens with zero attached hydrogens (tertiary/aromatic N) is 2. The molecule has 0 atom stereocenters. The van der Waals surface area contributed by atoms with E-state index in [9.17, 15) is 0 Å². The second-order valence-electron chi connectivity index (χ2n) is 6.72. The maximum atomic E-state index is 4.10. The summed E-state index contributed by atoms with van der Waals surface area (Å²) >= 11 is 0. The summed E-state index contributed by atoms with van der Waals surface area (Å²) in [6, 6.07) is 0. The van der Waals surface area contributed by atoms with Crippen LogP contribution in [0, 0.1) is 0 Å². The third kappa shape index (κ3) is 11.8. The van der Waals surface area contributed by atoms with Crippen LogP contribution in [0.5, 0.6) is 0 Å². The van der Waals surface area contributed by atoms with Crippen molar-refractivity contribution in [1.29, 1.82) is 0 Å². The predicted molar refractivity (Wildman–Crippen MR) is 99.5 cm³/mol. The molecule has 0 unspecified atom stereocenters. The van der Waals surface area contributed by atoms with Crippen LogP contribution >= 0.6 is 0 Å². The van der Waals surface area contributed by atoms with E-state index >= 15 is 0 Å². The molecule has 22 heavy (non-hydrogen) atoms. The zero-order chi connectivity index (χ0) is 15.7. The topological polar surface area (TPSA) is 15.6 Å². The molecule has 1 heterocycles. The van der Waals surface area contributed by atoms with Gasteiger partial charge in [-0.3, -0.25) is 4.99 Å². The summed E-state index contributed by atoms with van der Waals surface area (Å²) in [4.78, 5) is 6.45. The third-order valence-electron chi connectivity index (χ3n) is 4.58. The van der Waals surface area contributed by atoms with E-state index in [1.807, 2.05) is 12.4 Å². The molecule has 0 aliphatic carbocycles. The maximum Gasteiger partial charge on any atom is 0.0527 e. The zero-order valence-corrected chi connectivity index (χ0v) is 14.9. The molecular formula is C20H38N2. The van der Waals surface area contributed by atoms with Gasteiger partial charge in [-0.25, -0.2) is 0 Å². The average Bonchev–Trinajstić information content (AvgIpc) is 2.56. The quantitative estimate of drug-likeness (QED) is 0.323. The first-order valence-corrected chi connectivity index (χ1v) is 9.86. The molecule has 0 amide bonds. The van der Waals surface area contributed by atoms with E-state index in [0.717, 1.165) is 6.54 Å². The lowest BCUT2D eigenvalue weighted by Gasteiger charge is -2.19. The van der Waals surface area contributed by atoms with Crippen LogP contribution in [0.1, 0.15) is 96.8 Å². The molecule has 0 aromatic heterocycles. The van der Waals surface area contributed by atoms with Gasteiger partial charge in [0.1, 0.15) is 0 Å². The first-order valence-electron chi connectivity index (χ1n) is 9.86. The van der Waals surface area contributed by atoms with Crippen LogP contribution < -0.4 is 0 Å². The van der Waals surface area contributed by atoms with E-state index < -0.39 is 0 Å². The summed E-state index contributed by atoms with van der Waals surface area (Å²) in [7, 11) is 0. The molecular weight excluding hydrogens is 268 g/mol. The van der Waals surface area contributed by atoms with Crippen molar-refractivity contribution in [2.75, 3.05) is 13.1 Å². The van der Waals surface area contributed by atoms with Crippen molar-refractivity contribution in [3.8, 4) is 0 Å². The fraction of sp³-hybridized carbons (Fsp3) is 0.850. The molecule has 0 radical (unpaired) electrons. The van der Waals surface area contributed by atoms with E-state index in [-0.39, 0.29) is 0 Å². The Morgan fingerprint density at radius 3 is 1.68 bits per heavy atom. The van der Waals surface area contributed by atoms with E-state index in [4.69, 9.17) is 0 Å². The van der Waals surface area contributed by atoms with Gasteiger partial charge in [-0.1, -0.05) is 90.4 Å². The van der Waals surface area contributed by atoms with Crippen molar-refractivity contribution in [2.24, 2.45) is 4.99 Å². The minimum atomic E-state index is 0.995. The molecule has 0 saturated carbocycles. The summed E-state index contributed by atoms with van der Waals surface area (Å²) in [5.74, 6) is 0. The lowest BCUT2D eigenvalue weighted by molar-refractivity contribution is 0.402. The SMILES string of the molecule is CCCCCCCCCCCCCCCCN1C=CN=CC1. The van der Waals surface area contributed by atoms with E-state index in [1.54, 1.807) is 0 Å². The van der Waals surface area contributed by atoms with Gasteiger partial charge < -0.3 is 4.90 Å². The van der Waals surface area contributed by atoms with Gasteiger partial charge in [-0.05, 0) is 6.42 Å².